The number of benzene rings is 2. The molecule has 0 saturated carbocycles. The van der Waals surface area contributed by atoms with E-state index in [1.165, 1.54) is 7.11 Å². The highest BCUT2D eigenvalue weighted by Crippen LogP contribution is 2.29. The minimum atomic E-state index is -0.132. The molecule has 0 bridgehead atoms. The lowest BCUT2D eigenvalue weighted by atomic mass is 9.97. The number of methoxy groups -OCH3 is 1. The number of anilines is 1. The Morgan fingerprint density at radius 2 is 1.71 bits per heavy atom. The van der Waals surface area contributed by atoms with E-state index in [2.05, 4.69) is 10.2 Å². The smallest absolute Gasteiger partial charge is 0.308 e. The molecule has 1 aliphatic rings. The summed E-state index contributed by atoms with van der Waals surface area (Å²) in [6.45, 7) is 2.28. The Kier molecular flexibility index (Phi) is 7.03. The highest BCUT2D eigenvalue weighted by molar-refractivity contribution is 5.92. The van der Waals surface area contributed by atoms with E-state index in [0.29, 0.717) is 24.4 Å². The van der Waals surface area contributed by atoms with Gasteiger partial charge in [-0.25, -0.2) is 0 Å². The van der Waals surface area contributed by atoms with Crippen LogP contribution in [0, 0.1) is 5.92 Å². The molecule has 28 heavy (non-hydrogen) atoms. The number of likely N-dealkylation sites (tertiary alicyclic amines) is 1. The SMILES string of the molecule is COC(=O)C1CCN(CCC(=O)Nc2ccccc2Oc2ccccc2)CC1. The van der Waals surface area contributed by atoms with E-state index >= 15 is 0 Å². The van der Waals surface area contributed by atoms with E-state index in [1.54, 1.807) is 0 Å². The second-order valence-electron chi connectivity index (χ2n) is 6.85. The summed E-state index contributed by atoms with van der Waals surface area (Å²) in [6, 6.07) is 16.9. The largest absolute Gasteiger partial charge is 0.469 e. The molecule has 0 unspecified atom stereocenters. The van der Waals surface area contributed by atoms with Gasteiger partial charge in [-0.1, -0.05) is 30.3 Å². The number of carbonyl (C=O) groups excluding carboxylic acids is 2. The van der Waals surface area contributed by atoms with Gasteiger partial charge in [0.25, 0.3) is 0 Å². The Labute approximate surface area is 165 Å². The first-order valence-corrected chi connectivity index (χ1v) is 9.57. The quantitative estimate of drug-likeness (QED) is 0.740. The van der Waals surface area contributed by atoms with Gasteiger partial charge in [0, 0.05) is 13.0 Å². The van der Waals surface area contributed by atoms with Crippen LogP contribution >= 0.6 is 0 Å². The van der Waals surface area contributed by atoms with E-state index in [9.17, 15) is 9.59 Å². The van der Waals surface area contributed by atoms with Gasteiger partial charge in [0.05, 0.1) is 18.7 Å². The molecule has 0 atom stereocenters. The minimum absolute atomic E-state index is 0.0166. The highest BCUT2D eigenvalue weighted by Gasteiger charge is 2.25. The van der Waals surface area contributed by atoms with Crippen LogP contribution in [0.1, 0.15) is 19.3 Å². The van der Waals surface area contributed by atoms with Gasteiger partial charge in [0.15, 0.2) is 5.75 Å². The van der Waals surface area contributed by atoms with Crippen LogP contribution < -0.4 is 10.1 Å². The van der Waals surface area contributed by atoms with Crippen LogP contribution in [0.3, 0.4) is 0 Å². The van der Waals surface area contributed by atoms with Gasteiger partial charge in [-0.3, -0.25) is 9.59 Å². The van der Waals surface area contributed by atoms with Gasteiger partial charge >= 0.3 is 5.97 Å². The van der Waals surface area contributed by atoms with Gasteiger partial charge in [-0.15, -0.1) is 0 Å². The first-order valence-electron chi connectivity index (χ1n) is 9.57. The molecule has 1 fully saturated rings. The fourth-order valence-electron chi connectivity index (χ4n) is 3.31. The van der Waals surface area contributed by atoms with Crippen LogP contribution in [0.15, 0.2) is 54.6 Å². The van der Waals surface area contributed by atoms with Gasteiger partial charge in [0.2, 0.25) is 5.91 Å². The summed E-state index contributed by atoms with van der Waals surface area (Å²) >= 11 is 0. The molecule has 0 spiro atoms. The number of ether oxygens (including phenoxy) is 2. The average Bonchev–Trinajstić information content (AvgIpc) is 2.74. The zero-order valence-electron chi connectivity index (χ0n) is 16.1. The molecule has 0 aliphatic carbocycles. The molecule has 3 rings (SSSR count). The van der Waals surface area contributed by atoms with Crippen molar-refractivity contribution in [2.45, 2.75) is 19.3 Å². The van der Waals surface area contributed by atoms with E-state index in [1.807, 2.05) is 54.6 Å². The van der Waals surface area contributed by atoms with Crippen molar-refractivity contribution in [1.29, 1.82) is 0 Å². The van der Waals surface area contributed by atoms with Crippen molar-refractivity contribution >= 4 is 17.6 Å². The van der Waals surface area contributed by atoms with Crippen molar-refractivity contribution in [2.24, 2.45) is 5.92 Å². The summed E-state index contributed by atoms with van der Waals surface area (Å²) in [5.74, 6) is 1.13. The van der Waals surface area contributed by atoms with Gasteiger partial charge in [0.1, 0.15) is 5.75 Å². The third-order valence-corrected chi connectivity index (χ3v) is 4.91. The Morgan fingerprint density at radius 3 is 2.43 bits per heavy atom. The van der Waals surface area contributed by atoms with E-state index in [4.69, 9.17) is 9.47 Å². The molecule has 1 saturated heterocycles. The van der Waals surface area contributed by atoms with Crippen LogP contribution in [0.25, 0.3) is 0 Å². The van der Waals surface area contributed by atoms with Crippen LogP contribution in [0.2, 0.25) is 0 Å². The maximum Gasteiger partial charge on any atom is 0.308 e. The van der Waals surface area contributed by atoms with Crippen molar-refractivity contribution in [1.82, 2.24) is 4.90 Å². The highest BCUT2D eigenvalue weighted by atomic mass is 16.5. The Bertz CT molecular complexity index is 786. The first-order chi connectivity index (χ1) is 13.7. The molecular formula is C22H26N2O4. The summed E-state index contributed by atoms with van der Waals surface area (Å²) in [7, 11) is 1.43. The summed E-state index contributed by atoms with van der Waals surface area (Å²) in [4.78, 5) is 26.2. The molecule has 2 aromatic rings. The standard InChI is InChI=1S/C22H26N2O4/c1-27-22(26)17-11-14-24(15-12-17)16-13-21(25)23-19-9-5-6-10-20(19)28-18-7-3-2-4-8-18/h2-10,17H,11-16H2,1H3,(H,23,25). The molecule has 1 N–H and O–H groups in total. The summed E-state index contributed by atoms with van der Waals surface area (Å²) < 4.78 is 10.7. The van der Waals surface area contributed by atoms with Crippen LogP contribution in [0.5, 0.6) is 11.5 Å². The van der Waals surface area contributed by atoms with E-state index < -0.39 is 0 Å². The van der Waals surface area contributed by atoms with E-state index in [0.717, 1.165) is 31.7 Å². The third-order valence-electron chi connectivity index (χ3n) is 4.91. The van der Waals surface area contributed by atoms with Crippen LogP contribution in [-0.2, 0) is 14.3 Å². The third kappa shape index (κ3) is 5.57. The lowest BCUT2D eigenvalue weighted by Gasteiger charge is -2.30. The number of amides is 1. The molecule has 6 nitrogen and oxygen atoms in total. The lowest BCUT2D eigenvalue weighted by Crippen LogP contribution is -2.38. The fraction of sp³-hybridized carbons (Fsp3) is 0.364. The number of piperidine rings is 1. The number of hydrogen-bond acceptors (Lipinski definition) is 5. The van der Waals surface area contributed by atoms with Crippen molar-refractivity contribution < 1.29 is 19.1 Å². The average molecular weight is 382 g/mol. The molecule has 1 amide bonds. The van der Waals surface area contributed by atoms with Crippen molar-refractivity contribution in [3.8, 4) is 11.5 Å². The predicted octanol–water partition coefficient (Wildman–Crippen LogP) is 3.69. The van der Waals surface area contributed by atoms with Gasteiger partial charge in [-0.05, 0) is 50.2 Å². The molecular weight excluding hydrogens is 356 g/mol. The van der Waals surface area contributed by atoms with Gasteiger partial charge < -0.3 is 19.7 Å². The number of nitrogens with one attached hydrogen (secondary N) is 1. The molecule has 148 valence electrons. The maximum absolute atomic E-state index is 12.4. The number of hydrogen-bond donors (Lipinski definition) is 1. The molecule has 1 heterocycles. The Hall–Kier alpha value is -2.86. The number of nitrogens with zero attached hydrogens (tertiary/aromatic N) is 1. The molecule has 6 heteroatoms. The second kappa shape index (κ2) is 9.90. The molecule has 2 aromatic carbocycles. The monoisotopic (exact) mass is 382 g/mol. The summed E-state index contributed by atoms with van der Waals surface area (Å²) in [5, 5.41) is 2.94. The number of rotatable bonds is 7. The Balaban J connectivity index is 1.49. The molecule has 1 aliphatic heterocycles. The van der Waals surface area contributed by atoms with Gasteiger partial charge in [-0.2, -0.15) is 0 Å². The van der Waals surface area contributed by atoms with Crippen molar-refractivity contribution in [3.63, 3.8) is 0 Å². The second-order valence-corrected chi connectivity index (χ2v) is 6.85. The minimum Gasteiger partial charge on any atom is -0.469 e. The zero-order valence-corrected chi connectivity index (χ0v) is 16.1. The lowest BCUT2D eigenvalue weighted by molar-refractivity contribution is -0.147. The predicted molar refractivity (Wildman–Crippen MR) is 107 cm³/mol. The topological polar surface area (TPSA) is 67.9 Å². The Morgan fingerprint density at radius 1 is 1.04 bits per heavy atom. The number of esters is 1. The number of para-hydroxylation sites is 3. The summed E-state index contributed by atoms with van der Waals surface area (Å²) in [5.41, 5.74) is 0.653. The molecule has 0 aromatic heterocycles. The number of carbonyl (C=O) groups is 2. The van der Waals surface area contributed by atoms with Crippen LogP contribution in [0.4, 0.5) is 5.69 Å². The van der Waals surface area contributed by atoms with Crippen molar-refractivity contribution in [2.75, 3.05) is 32.1 Å². The van der Waals surface area contributed by atoms with E-state index in [-0.39, 0.29) is 17.8 Å². The normalized spacial score (nSPS) is 15.0. The first kappa shape index (κ1) is 19.9. The van der Waals surface area contributed by atoms with Crippen LogP contribution in [-0.4, -0.2) is 43.5 Å². The zero-order chi connectivity index (χ0) is 19.8. The summed E-state index contributed by atoms with van der Waals surface area (Å²) in [6.07, 6.45) is 1.95. The fourth-order valence-corrected chi connectivity index (χ4v) is 3.31. The van der Waals surface area contributed by atoms with Crippen molar-refractivity contribution in [3.05, 3.63) is 54.6 Å². The maximum atomic E-state index is 12.4. The molecule has 0 radical (unpaired) electrons.